The van der Waals surface area contributed by atoms with Crippen molar-refractivity contribution < 1.29 is 0 Å². The van der Waals surface area contributed by atoms with E-state index in [1.165, 1.54) is 24.0 Å². The lowest BCUT2D eigenvalue weighted by Crippen LogP contribution is -1.91. The Balaban J connectivity index is 2.92. The lowest BCUT2D eigenvalue weighted by molar-refractivity contribution is 0.791. The maximum absolute atomic E-state index is 6.09. The second kappa shape index (κ2) is 4.88. The average molecular weight is 217 g/mol. The smallest absolute Gasteiger partial charge is 0.0455 e. The molecule has 1 aromatic carbocycles. The molecule has 0 heterocycles. The molecular weight excluding hydrogens is 203 g/mol. The predicted molar refractivity (Wildman–Crippen MR) is 59.8 cm³/mol. The highest BCUT2D eigenvalue weighted by molar-refractivity contribution is 6.35. The summed E-state index contributed by atoms with van der Waals surface area (Å²) in [5.41, 5.74) is 2.44. The Kier molecular flexibility index (Phi) is 4.08. The Labute approximate surface area is 89.9 Å². The number of halogens is 2. The van der Waals surface area contributed by atoms with Crippen LogP contribution < -0.4 is 0 Å². The summed E-state index contributed by atoms with van der Waals surface area (Å²) in [6.07, 6.45) is 3.43. The minimum absolute atomic E-state index is 0.725. The number of hydrogen-bond donors (Lipinski definition) is 0. The normalized spacial score (nSPS) is 10.5. The van der Waals surface area contributed by atoms with Gasteiger partial charge in [-0.25, -0.2) is 0 Å². The summed E-state index contributed by atoms with van der Waals surface area (Å²) < 4.78 is 0. The van der Waals surface area contributed by atoms with E-state index in [-0.39, 0.29) is 0 Å². The molecule has 13 heavy (non-hydrogen) atoms. The molecule has 72 valence electrons. The van der Waals surface area contributed by atoms with Gasteiger partial charge in [0.2, 0.25) is 0 Å². The molecule has 0 bridgehead atoms. The molecule has 0 aromatic heterocycles. The fourth-order valence-electron chi connectivity index (χ4n) is 1.40. The molecule has 0 aliphatic rings. The van der Waals surface area contributed by atoms with Crippen molar-refractivity contribution in [2.24, 2.45) is 0 Å². The van der Waals surface area contributed by atoms with Crippen LogP contribution in [-0.2, 0) is 6.42 Å². The first-order valence-electron chi connectivity index (χ1n) is 4.59. The van der Waals surface area contributed by atoms with Crippen LogP contribution in [0, 0.1) is 6.92 Å². The van der Waals surface area contributed by atoms with Crippen LogP contribution in [0.1, 0.15) is 30.9 Å². The lowest BCUT2D eigenvalue weighted by atomic mass is 10.0. The third-order valence-electron chi connectivity index (χ3n) is 2.16. The number of aryl methyl sites for hydroxylation is 1. The second-order valence-corrected chi connectivity index (χ2v) is 4.13. The SMILES string of the molecule is CCCCc1c(C)cc(Cl)cc1Cl. The van der Waals surface area contributed by atoms with Gasteiger partial charge in [-0.15, -0.1) is 0 Å². The molecule has 0 nitrogen and oxygen atoms in total. The minimum Gasteiger partial charge on any atom is -0.0843 e. The van der Waals surface area contributed by atoms with E-state index in [4.69, 9.17) is 23.2 Å². The molecule has 0 aliphatic carbocycles. The number of rotatable bonds is 3. The summed E-state index contributed by atoms with van der Waals surface area (Å²) >= 11 is 12.0. The molecule has 0 aliphatic heterocycles. The highest BCUT2D eigenvalue weighted by Crippen LogP contribution is 2.26. The van der Waals surface area contributed by atoms with E-state index in [1.54, 1.807) is 0 Å². The van der Waals surface area contributed by atoms with Crippen molar-refractivity contribution in [3.63, 3.8) is 0 Å². The maximum Gasteiger partial charge on any atom is 0.0455 e. The van der Waals surface area contributed by atoms with Gasteiger partial charge in [-0.05, 0) is 43.0 Å². The molecule has 0 spiro atoms. The Morgan fingerprint density at radius 3 is 2.46 bits per heavy atom. The monoisotopic (exact) mass is 216 g/mol. The minimum atomic E-state index is 0.725. The van der Waals surface area contributed by atoms with Crippen molar-refractivity contribution in [2.75, 3.05) is 0 Å². The van der Waals surface area contributed by atoms with E-state index in [9.17, 15) is 0 Å². The highest BCUT2D eigenvalue weighted by Gasteiger charge is 2.04. The molecule has 0 unspecified atom stereocenters. The van der Waals surface area contributed by atoms with Crippen molar-refractivity contribution in [3.05, 3.63) is 33.3 Å². The quantitative estimate of drug-likeness (QED) is 0.691. The van der Waals surface area contributed by atoms with Gasteiger partial charge in [0.15, 0.2) is 0 Å². The van der Waals surface area contributed by atoms with Crippen molar-refractivity contribution in [3.8, 4) is 0 Å². The van der Waals surface area contributed by atoms with Gasteiger partial charge in [-0.2, -0.15) is 0 Å². The highest BCUT2D eigenvalue weighted by atomic mass is 35.5. The molecule has 0 amide bonds. The first kappa shape index (κ1) is 10.9. The molecule has 0 radical (unpaired) electrons. The van der Waals surface area contributed by atoms with E-state index in [0.717, 1.165) is 16.5 Å². The lowest BCUT2D eigenvalue weighted by Gasteiger charge is -2.07. The van der Waals surface area contributed by atoms with E-state index in [2.05, 4.69) is 13.8 Å². The van der Waals surface area contributed by atoms with Gasteiger partial charge in [-0.1, -0.05) is 36.5 Å². The van der Waals surface area contributed by atoms with Crippen molar-refractivity contribution in [1.82, 2.24) is 0 Å². The van der Waals surface area contributed by atoms with Crippen molar-refractivity contribution >= 4 is 23.2 Å². The first-order valence-corrected chi connectivity index (χ1v) is 5.35. The molecule has 0 fully saturated rings. The molecule has 0 saturated heterocycles. The summed E-state index contributed by atoms with van der Waals surface area (Å²) in [5, 5.41) is 1.53. The third kappa shape index (κ3) is 2.89. The Bertz CT molecular complexity index is 269. The van der Waals surface area contributed by atoms with Gasteiger partial charge in [0, 0.05) is 10.0 Å². The van der Waals surface area contributed by atoms with Gasteiger partial charge in [0.1, 0.15) is 0 Å². The number of unbranched alkanes of at least 4 members (excludes halogenated alkanes) is 1. The Hall–Kier alpha value is -0.200. The molecule has 2 heteroatoms. The van der Waals surface area contributed by atoms with E-state index in [0.29, 0.717) is 0 Å². The molecule has 0 atom stereocenters. The molecule has 0 saturated carbocycles. The van der Waals surface area contributed by atoms with Gasteiger partial charge >= 0.3 is 0 Å². The van der Waals surface area contributed by atoms with Crippen LogP contribution >= 0.6 is 23.2 Å². The first-order chi connectivity index (χ1) is 6.15. The van der Waals surface area contributed by atoms with Crippen molar-refractivity contribution in [2.45, 2.75) is 33.1 Å². The molecule has 1 rings (SSSR count). The predicted octanol–water partition coefficient (Wildman–Crippen LogP) is 4.64. The molecule has 1 aromatic rings. The fraction of sp³-hybridized carbons (Fsp3) is 0.455. The van der Waals surface area contributed by atoms with Crippen LogP contribution in [0.4, 0.5) is 0 Å². The second-order valence-electron chi connectivity index (χ2n) is 3.29. The summed E-state index contributed by atoms with van der Waals surface area (Å²) in [6, 6.07) is 3.79. The van der Waals surface area contributed by atoms with E-state index in [1.807, 2.05) is 12.1 Å². The third-order valence-corrected chi connectivity index (χ3v) is 2.72. The zero-order valence-electron chi connectivity index (χ0n) is 8.03. The van der Waals surface area contributed by atoms with Gasteiger partial charge in [0.05, 0.1) is 0 Å². The van der Waals surface area contributed by atoms with Crippen molar-refractivity contribution in [1.29, 1.82) is 0 Å². The zero-order chi connectivity index (χ0) is 9.84. The van der Waals surface area contributed by atoms with E-state index < -0.39 is 0 Å². The fourth-order valence-corrected chi connectivity index (χ4v) is 2.09. The number of hydrogen-bond acceptors (Lipinski definition) is 0. The summed E-state index contributed by atoms with van der Waals surface area (Å²) in [4.78, 5) is 0. The standard InChI is InChI=1S/C11H14Cl2/c1-3-4-5-10-8(2)6-9(12)7-11(10)13/h6-7H,3-5H2,1-2H3. The van der Waals surface area contributed by atoms with Crippen LogP contribution in [0.25, 0.3) is 0 Å². The average Bonchev–Trinajstić information content (AvgIpc) is 2.02. The Morgan fingerprint density at radius 1 is 1.23 bits per heavy atom. The summed E-state index contributed by atoms with van der Waals surface area (Å²) in [6.45, 7) is 4.24. The molecule has 0 N–H and O–H groups in total. The summed E-state index contributed by atoms with van der Waals surface area (Å²) in [5.74, 6) is 0. The van der Waals surface area contributed by atoms with Gasteiger partial charge in [0.25, 0.3) is 0 Å². The Morgan fingerprint density at radius 2 is 1.92 bits per heavy atom. The van der Waals surface area contributed by atoms with Gasteiger partial charge < -0.3 is 0 Å². The van der Waals surface area contributed by atoms with Crippen LogP contribution in [0.5, 0.6) is 0 Å². The van der Waals surface area contributed by atoms with Crippen LogP contribution in [0.15, 0.2) is 12.1 Å². The van der Waals surface area contributed by atoms with Crippen LogP contribution in [-0.4, -0.2) is 0 Å². The zero-order valence-corrected chi connectivity index (χ0v) is 9.54. The largest absolute Gasteiger partial charge is 0.0843 e. The summed E-state index contributed by atoms with van der Waals surface area (Å²) in [7, 11) is 0. The molecular formula is C11H14Cl2. The van der Waals surface area contributed by atoms with E-state index >= 15 is 0 Å². The van der Waals surface area contributed by atoms with Crippen LogP contribution in [0.3, 0.4) is 0 Å². The number of benzene rings is 1. The maximum atomic E-state index is 6.09. The van der Waals surface area contributed by atoms with Crippen LogP contribution in [0.2, 0.25) is 10.0 Å². The topological polar surface area (TPSA) is 0 Å². The van der Waals surface area contributed by atoms with Gasteiger partial charge in [-0.3, -0.25) is 0 Å².